The van der Waals surface area contributed by atoms with Crippen LogP contribution in [0.25, 0.3) is 0 Å². The first kappa shape index (κ1) is 30.0. The number of methoxy groups -OCH3 is 3. The van der Waals surface area contributed by atoms with Crippen molar-refractivity contribution < 1.29 is 23.8 Å². The van der Waals surface area contributed by atoms with Crippen LogP contribution in [0, 0.1) is 13.8 Å². The number of carbonyl (C=O) groups is 2. The van der Waals surface area contributed by atoms with Crippen LogP contribution in [-0.2, 0) is 22.5 Å². The van der Waals surface area contributed by atoms with E-state index in [4.69, 9.17) is 14.2 Å². The summed E-state index contributed by atoms with van der Waals surface area (Å²) in [6.45, 7) is 5.88. The van der Waals surface area contributed by atoms with E-state index >= 15 is 0 Å². The molecule has 1 heterocycles. The third-order valence-corrected chi connectivity index (χ3v) is 7.41. The molecule has 3 amide bonds. The molecular weight excluding hydrogens is 514 g/mol. The molecule has 3 rings (SSSR count). The van der Waals surface area contributed by atoms with Crippen LogP contribution >= 0.6 is 11.3 Å². The quantitative estimate of drug-likeness (QED) is 0.266. The molecule has 0 aliphatic rings. The Labute approximate surface area is 235 Å². The van der Waals surface area contributed by atoms with E-state index in [-0.39, 0.29) is 18.5 Å². The second-order valence-corrected chi connectivity index (χ2v) is 10.4. The highest BCUT2D eigenvalue weighted by Gasteiger charge is 2.22. The van der Waals surface area contributed by atoms with E-state index in [1.165, 1.54) is 0 Å². The number of anilines is 1. The minimum atomic E-state index is -0.307. The van der Waals surface area contributed by atoms with Gasteiger partial charge in [-0.15, -0.1) is 11.3 Å². The van der Waals surface area contributed by atoms with Crippen molar-refractivity contribution in [1.82, 2.24) is 9.80 Å². The first-order chi connectivity index (χ1) is 18.8. The Kier molecular flexibility index (Phi) is 11.6. The van der Waals surface area contributed by atoms with Crippen molar-refractivity contribution >= 4 is 29.0 Å². The molecule has 1 aromatic heterocycles. The topological polar surface area (TPSA) is 80.3 Å². The molecule has 0 saturated carbocycles. The second kappa shape index (κ2) is 15.1. The van der Waals surface area contributed by atoms with E-state index in [1.54, 1.807) is 37.6 Å². The molecular formula is C30H39N3O5S. The maximum Gasteiger partial charge on any atom is 0.322 e. The zero-order chi connectivity index (χ0) is 28.2. The van der Waals surface area contributed by atoms with Crippen LogP contribution in [0.15, 0.2) is 53.9 Å². The summed E-state index contributed by atoms with van der Waals surface area (Å²) in [7, 11) is 4.84. The number of hydrogen-bond acceptors (Lipinski definition) is 6. The molecule has 3 aromatic rings. The average molecular weight is 554 g/mol. The molecule has 210 valence electrons. The fourth-order valence-corrected chi connectivity index (χ4v) is 4.84. The third kappa shape index (κ3) is 9.01. The molecule has 2 aromatic carbocycles. The lowest BCUT2D eigenvalue weighted by Crippen LogP contribution is -2.45. The van der Waals surface area contributed by atoms with Gasteiger partial charge >= 0.3 is 6.03 Å². The summed E-state index contributed by atoms with van der Waals surface area (Å²) in [5.41, 5.74) is 3.98. The minimum Gasteiger partial charge on any atom is -0.493 e. The Balaban J connectivity index is 1.74. The van der Waals surface area contributed by atoms with Gasteiger partial charge in [0.1, 0.15) is 6.54 Å². The lowest BCUT2D eigenvalue weighted by atomic mass is 10.1. The van der Waals surface area contributed by atoms with E-state index in [0.29, 0.717) is 56.3 Å². The Bertz CT molecular complexity index is 1220. The molecule has 0 radical (unpaired) electrons. The van der Waals surface area contributed by atoms with Gasteiger partial charge < -0.3 is 29.3 Å². The number of aryl methyl sites for hydroxylation is 2. The van der Waals surface area contributed by atoms with Crippen molar-refractivity contribution in [1.29, 1.82) is 0 Å². The minimum absolute atomic E-state index is 0.0301. The number of amides is 3. The summed E-state index contributed by atoms with van der Waals surface area (Å²) in [5.74, 6) is 1.20. The molecule has 0 fully saturated rings. The molecule has 1 N–H and O–H groups in total. The van der Waals surface area contributed by atoms with Crippen molar-refractivity contribution in [3.63, 3.8) is 0 Å². The summed E-state index contributed by atoms with van der Waals surface area (Å²) in [6.07, 6.45) is 1.26. The number of thiophene rings is 1. The summed E-state index contributed by atoms with van der Waals surface area (Å²) < 4.78 is 16.0. The number of hydrogen-bond donors (Lipinski definition) is 1. The van der Waals surface area contributed by atoms with Gasteiger partial charge in [-0.3, -0.25) is 4.79 Å². The Morgan fingerprint density at radius 3 is 2.36 bits per heavy atom. The van der Waals surface area contributed by atoms with Crippen molar-refractivity contribution in [3.8, 4) is 11.5 Å². The summed E-state index contributed by atoms with van der Waals surface area (Å²) >= 11 is 1.61. The van der Waals surface area contributed by atoms with Crippen LogP contribution in [0.5, 0.6) is 11.5 Å². The zero-order valence-corrected chi connectivity index (χ0v) is 24.3. The van der Waals surface area contributed by atoms with Gasteiger partial charge in [0.2, 0.25) is 5.91 Å². The highest BCUT2D eigenvalue weighted by molar-refractivity contribution is 7.09. The van der Waals surface area contributed by atoms with Gasteiger partial charge in [0, 0.05) is 37.4 Å². The molecule has 0 atom stereocenters. The van der Waals surface area contributed by atoms with E-state index in [9.17, 15) is 9.59 Å². The predicted molar refractivity (Wildman–Crippen MR) is 156 cm³/mol. The molecule has 0 saturated heterocycles. The summed E-state index contributed by atoms with van der Waals surface area (Å²) in [5, 5.41) is 4.96. The highest BCUT2D eigenvalue weighted by atomic mass is 32.1. The third-order valence-electron chi connectivity index (χ3n) is 6.55. The summed E-state index contributed by atoms with van der Waals surface area (Å²) in [4.78, 5) is 31.4. The lowest BCUT2D eigenvalue weighted by Gasteiger charge is -2.28. The number of carbonyl (C=O) groups excluding carboxylic acids is 2. The van der Waals surface area contributed by atoms with Crippen molar-refractivity contribution in [2.45, 2.75) is 33.2 Å². The van der Waals surface area contributed by atoms with Crippen molar-refractivity contribution in [3.05, 3.63) is 75.5 Å². The number of benzene rings is 2. The van der Waals surface area contributed by atoms with E-state index < -0.39 is 0 Å². The summed E-state index contributed by atoms with van der Waals surface area (Å²) in [6, 6.07) is 15.3. The van der Waals surface area contributed by atoms with Gasteiger partial charge in [0.05, 0.1) is 20.8 Å². The van der Waals surface area contributed by atoms with Crippen molar-refractivity contribution in [2.75, 3.05) is 52.9 Å². The lowest BCUT2D eigenvalue weighted by molar-refractivity contribution is -0.132. The van der Waals surface area contributed by atoms with Gasteiger partial charge in [-0.05, 0) is 79.1 Å². The van der Waals surface area contributed by atoms with Gasteiger partial charge in [-0.25, -0.2) is 4.79 Å². The van der Waals surface area contributed by atoms with Gasteiger partial charge in [-0.1, -0.05) is 18.2 Å². The molecule has 39 heavy (non-hydrogen) atoms. The van der Waals surface area contributed by atoms with Crippen LogP contribution < -0.4 is 14.8 Å². The monoisotopic (exact) mass is 553 g/mol. The average Bonchev–Trinajstić information content (AvgIpc) is 3.45. The van der Waals surface area contributed by atoms with E-state index in [1.807, 2.05) is 72.7 Å². The maximum atomic E-state index is 13.6. The number of ether oxygens (including phenoxy) is 3. The first-order valence-electron chi connectivity index (χ1n) is 13.0. The van der Waals surface area contributed by atoms with Crippen LogP contribution in [0.4, 0.5) is 10.5 Å². The van der Waals surface area contributed by atoms with Crippen LogP contribution in [-0.4, -0.2) is 69.3 Å². The molecule has 0 spiro atoms. The first-order valence-corrected chi connectivity index (χ1v) is 13.9. The van der Waals surface area contributed by atoms with E-state index in [2.05, 4.69) is 5.32 Å². The molecule has 8 nitrogen and oxygen atoms in total. The standard InChI is InChI=1S/C30H39N3O5S/c1-22-9-11-25(18-23(22)2)31-30(35)33(14-7-16-36-3)21-29(34)32(20-26-8-6-17-39-26)15-13-24-10-12-27(37-4)28(19-24)38-5/h6,8-12,17-19H,7,13-16,20-21H2,1-5H3,(H,31,35). The number of nitrogens with zero attached hydrogens (tertiary/aromatic N) is 2. The van der Waals surface area contributed by atoms with Crippen LogP contribution in [0.2, 0.25) is 0 Å². The smallest absolute Gasteiger partial charge is 0.322 e. The molecule has 0 aliphatic heterocycles. The SMILES string of the molecule is COCCCN(CC(=O)N(CCc1ccc(OC)c(OC)c1)Cc1cccs1)C(=O)Nc1ccc(C)c(C)c1. The Hall–Kier alpha value is -3.56. The van der Waals surface area contributed by atoms with Gasteiger partial charge in [0.15, 0.2) is 11.5 Å². The van der Waals surface area contributed by atoms with E-state index in [0.717, 1.165) is 21.6 Å². The zero-order valence-electron chi connectivity index (χ0n) is 23.5. The normalized spacial score (nSPS) is 10.7. The van der Waals surface area contributed by atoms with Gasteiger partial charge in [-0.2, -0.15) is 0 Å². The number of urea groups is 1. The fourth-order valence-electron chi connectivity index (χ4n) is 4.12. The second-order valence-electron chi connectivity index (χ2n) is 9.33. The van der Waals surface area contributed by atoms with Gasteiger partial charge in [0.25, 0.3) is 0 Å². The number of rotatable bonds is 14. The molecule has 0 unspecified atom stereocenters. The predicted octanol–water partition coefficient (Wildman–Crippen LogP) is 5.52. The fraction of sp³-hybridized carbons (Fsp3) is 0.400. The van der Waals surface area contributed by atoms with Crippen molar-refractivity contribution in [2.24, 2.45) is 0 Å². The molecule has 0 bridgehead atoms. The molecule has 9 heteroatoms. The molecule has 0 aliphatic carbocycles. The largest absolute Gasteiger partial charge is 0.493 e. The Morgan fingerprint density at radius 1 is 0.897 bits per heavy atom. The van der Waals surface area contributed by atoms with Crippen LogP contribution in [0.3, 0.4) is 0 Å². The highest BCUT2D eigenvalue weighted by Crippen LogP contribution is 2.28. The number of nitrogens with one attached hydrogen (secondary N) is 1. The maximum absolute atomic E-state index is 13.6. The van der Waals surface area contributed by atoms with Crippen LogP contribution in [0.1, 0.15) is 28.0 Å². The Morgan fingerprint density at radius 2 is 1.69 bits per heavy atom.